The third-order valence-corrected chi connectivity index (χ3v) is 3.80. The summed E-state index contributed by atoms with van der Waals surface area (Å²) in [4.78, 5) is 0. The molecule has 4 heteroatoms. The van der Waals surface area contributed by atoms with E-state index in [0.717, 1.165) is 22.4 Å². The van der Waals surface area contributed by atoms with E-state index in [1.165, 1.54) is 6.26 Å². The van der Waals surface area contributed by atoms with Crippen LogP contribution in [0.1, 0.15) is 11.1 Å². The molecule has 1 heterocycles. The Bertz CT molecular complexity index is 799. The van der Waals surface area contributed by atoms with E-state index in [1.54, 1.807) is 7.11 Å². The summed E-state index contributed by atoms with van der Waals surface area (Å²) in [5, 5.41) is 9.69. The van der Waals surface area contributed by atoms with Gasteiger partial charge >= 0.3 is 0 Å². The van der Waals surface area contributed by atoms with Gasteiger partial charge < -0.3 is 14.2 Å². The van der Waals surface area contributed by atoms with Gasteiger partial charge in [-0.2, -0.15) is 5.26 Å². The highest BCUT2D eigenvalue weighted by Crippen LogP contribution is 2.30. The predicted molar refractivity (Wildman–Crippen MR) is 90.8 cm³/mol. The zero-order valence-corrected chi connectivity index (χ0v) is 13.4. The number of nitriles is 1. The molecule has 0 aliphatic carbocycles. The van der Waals surface area contributed by atoms with Gasteiger partial charge in [0.05, 0.1) is 7.11 Å². The minimum atomic E-state index is 0.141. The second-order valence-electron chi connectivity index (χ2n) is 5.27. The van der Waals surface area contributed by atoms with E-state index >= 15 is 0 Å². The number of hydrogen-bond acceptors (Lipinski definition) is 4. The van der Waals surface area contributed by atoms with Crippen molar-refractivity contribution < 1.29 is 14.2 Å². The lowest BCUT2D eigenvalue weighted by Gasteiger charge is -2.12. The summed E-state index contributed by atoms with van der Waals surface area (Å²) >= 11 is 0. The fourth-order valence-electron chi connectivity index (χ4n) is 2.57. The van der Waals surface area contributed by atoms with Gasteiger partial charge in [0.2, 0.25) is 6.79 Å². The van der Waals surface area contributed by atoms with E-state index in [4.69, 9.17) is 14.2 Å². The van der Waals surface area contributed by atoms with Gasteiger partial charge in [0.1, 0.15) is 23.7 Å². The molecule has 24 heavy (non-hydrogen) atoms. The summed E-state index contributed by atoms with van der Waals surface area (Å²) < 4.78 is 15.8. The summed E-state index contributed by atoms with van der Waals surface area (Å²) in [5.41, 5.74) is 3.45. The third-order valence-electron chi connectivity index (χ3n) is 3.80. The molecular formula is C20H17NO3. The van der Waals surface area contributed by atoms with E-state index in [2.05, 4.69) is 6.07 Å². The first-order valence-electron chi connectivity index (χ1n) is 7.58. The highest BCUT2D eigenvalue weighted by atomic mass is 16.7. The minimum Gasteiger partial charge on any atom is -0.497 e. The van der Waals surface area contributed by atoms with Crippen LogP contribution >= 0.6 is 0 Å². The van der Waals surface area contributed by atoms with Crippen LogP contribution < -0.4 is 4.74 Å². The molecule has 0 N–H and O–H groups in total. The number of benzene rings is 2. The maximum atomic E-state index is 9.69. The Balaban J connectivity index is 2.07. The zero-order chi connectivity index (χ0) is 16.8. The van der Waals surface area contributed by atoms with Crippen LogP contribution in [0.5, 0.6) is 5.75 Å². The predicted octanol–water partition coefficient (Wildman–Crippen LogP) is 4.06. The molecule has 2 aromatic rings. The highest BCUT2D eigenvalue weighted by Gasteiger charge is 2.19. The Morgan fingerprint density at radius 1 is 1.12 bits per heavy atom. The Morgan fingerprint density at radius 3 is 2.46 bits per heavy atom. The van der Waals surface area contributed by atoms with Crippen LogP contribution in [0.4, 0.5) is 0 Å². The number of nitrogens with zero attached hydrogens (tertiary/aromatic N) is 1. The number of rotatable bonds is 5. The molecule has 0 saturated carbocycles. The van der Waals surface area contributed by atoms with Crippen LogP contribution in [0.25, 0.3) is 5.57 Å². The lowest BCUT2D eigenvalue weighted by Crippen LogP contribution is -1.99. The number of hydrogen-bond donors (Lipinski definition) is 0. The van der Waals surface area contributed by atoms with Gasteiger partial charge in [-0.15, -0.1) is 0 Å². The van der Waals surface area contributed by atoms with Crippen molar-refractivity contribution in [1.29, 1.82) is 5.26 Å². The first kappa shape index (κ1) is 15.7. The van der Waals surface area contributed by atoms with Crippen molar-refractivity contribution in [2.75, 3.05) is 13.9 Å². The Morgan fingerprint density at radius 2 is 1.88 bits per heavy atom. The minimum absolute atomic E-state index is 0.141. The second kappa shape index (κ2) is 7.38. The lowest BCUT2D eigenvalue weighted by molar-refractivity contribution is 0.0837. The third kappa shape index (κ3) is 3.41. The second-order valence-corrected chi connectivity index (χ2v) is 5.27. The molecular weight excluding hydrogens is 302 g/mol. The number of allylic oxidation sites excluding steroid dienone is 2. The van der Waals surface area contributed by atoms with E-state index < -0.39 is 0 Å². The number of ether oxygens (including phenoxy) is 3. The lowest BCUT2D eigenvalue weighted by atomic mass is 9.93. The molecule has 0 amide bonds. The first-order chi connectivity index (χ1) is 11.8. The van der Waals surface area contributed by atoms with Crippen molar-refractivity contribution in [3.63, 3.8) is 0 Å². The summed E-state index contributed by atoms with van der Waals surface area (Å²) in [6.45, 7) is 0.141. The molecule has 120 valence electrons. The van der Waals surface area contributed by atoms with Gasteiger partial charge in [-0.25, -0.2) is 0 Å². The Labute approximate surface area is 141 Å². The largest absolute Gasteiger partial charge is 0.497 e. The summed E-state index contributed by atoms with van der Waals surface area (Å²) in [5.74, 6) is 1.25. The van der Waals surface area contributed by atoms with Crippen LogP contribution in [0.2, 0.25) is 0 Å². The fourth-order valence-corrected chi connectivity index (χ4v) is 2.57. The molecule has 3 rings (SSSR count). The van der Waals surface area contributed by atoms with E-state index in [0.29, 0.717) is 17.8 Å². The normalized spacial score (nSPS) is 13.9. The van der Waals surface area contributed by atoms with Crippen molar-refractivity contribution in [3.05, 3.63) is 83.3 Å². The van der Waals surface area contributed by atoms with Crippen LogP contribution in [0, 0.1) is 11.3 Å². The molecule has 0 saturated heterocycles. The zero-order valence-electron chi connectivity index (χ0n) is 13.4. The molecule has 1 aliphatic heterocycles. The monoisotopic (exact) mass is 319 g/mol. The van der Waals surface area contributed by atoms with Gasteiger partial charge in [-0.05, 0) is 35.3 Å². The molecule has 1 aliphatic rings. The van der Waals surface area contributed by atoms with Gasteiger partial charge in [0, 0.05) is 0 Å². The van der Waals surface area contributed by atoms with Crippen molar-refractivity contribution >= 4 is 5.57 Å². The molecule has 0 radical (unpaired) electrons. The van der Waals surface area contributed by atoms with Crippen LogP contribution in [-0.2, 0) is 15.9 Å². The molecule has 0 fully saturated rings. The molecule has 0 unspecified atom stereocenters. The summed E-state index contributed by atoms with van der Waals surface area (Å²) in [6, 6.07) is 20.0. The topological polar surface area (TPSA) is 51.5 Å². The SMILES string of the molecule is COc1ccc(C(Cc2ccccc2)=C(C#N)C2=COCO2)cc1. The standard InChI is InChI=1S/C20H17NO3/c1-22-17-9-7-16(8-10-17)18(11-15-5-3-2-4-6-15)19(12-21)20-13-23-14-24-20/h2-10,13H,11,14H2,1H3. The van der Waals surface area contributed by atoms with E-state index in [-0.39, 0.29) is 6.79 Å². The van der Waals surface area contributed by atoms with Crippen molar-refractivity contribution in [2.24, 2.45) is 0 Å². The summed E-state index contributed by atoms with van der Waals surface area (Å²) in [6.07, 6.45) is 2.11. The molecule has 4 nitrogen and oxygen atoms in total. The van der Waals surface area contributed by atoms with Crippen LogP contribution in [0.15, 0.2) is 72.2 Å². The molecule has 0 spiro atoms. The van der Waals surface area contributed by atoms with E-state index in [9.17, 15) is 5.26 Å². The molecule has 0 atom stereocenters. The maximum Gasteiger partial charge on any atom is 0.230 e. The average Bonchev–Trinajstić information content (AvgIpc) is 3.17. The van der Waals surface area contributed by atoms with Crippen LogP contribution in [-0.4, -0.2) is 13.9 Å². The fraction of sp³-hybridized carbons (Fsp3) is 0.150. The average molecular weight is 319 g/mol. The van der Waals surface area contributed by atoms with Gasteiger partial charge in [-0.1, -0.05) is 42.5 Å². The molecule has 0 bridgehead atoms. The first-order valence-corrected chi connectivity index (χ1v) is 7.58. The van der Waals surface area contributed by atoms with E-state index in [1.807, 2.05) is 54.6 Å². The highest BCUT2D eigenvalue weighted by molar-refractivity contribution is 5.77. The van der Waals surface area contributed by atoms with Gasteiger partial charge in [0.25, 0.3) is 0 Å². The molecule has 2 aromatic carbocycles. The van der Waals surface area contributed by atoms with Crippen LogP contribution in [0.3, 0.4) is 0 Å². The smallest absolute Gasteiger partial charge is 0.230 e. The van der Waals surface area contributed by atoms with Gasteiger partial charge in [0.15, 0.2) is 5.76 Å². The maximum absolute atomic E-state index is 9.69. The Hall–Kier alpha value is -3.19. The van der Waals surface area contributed by atoms with Gasteiger partial charge in [-0.3, -0.25) is 0 Å². The van der Waals surface area contributed by atoms with Crippen molar-refractivity contribution in [2.45, 2.75) is 6.42 Å². The van der Waals surface area contributed by atoms with Crippen molar-refractivity contribution in [1.82, 2.24) is 0 Å². The quantitative estimate of drug-likeness (QED) is 0.780. The number of methoxy groups -OCH3 is 1. The van der Waals surface area contributed by atoms with Crippen molar-refractivity contribution in [3.8, 4) is 11.8 Å². The molecule has 0 aromatic heterocycles. The Kier molecular flexibility index (Phi) is 4.83. The summed E-state index contributed by atoms with van der Waals surface area (Å²) in [7, 11) is 1.63.